The first-order valence-corrected chi connectivity index (χ1v) is 9.16. The molecule has 128 valence electrons. The zero-order valence-corrected chi connectivity index (χ0v) is 15.1. The smallest absolute Gasteiger partial charge is 0.307 e. The molecule has 0 fully saturated rings. The van der Waals surface area contributed by atoms with Crippen LogP contribution in [0.15, 0.2) is 24.3 Å². The van der Waals surface area contributed by atoms with E-state index in [0.717, 1.165) is 39.0 Å². The number of rotatable bonds is 3. The minimum Gasteiger partial charge on any atom is -0.481 e. The van der Waals surface area contributed by atoms with Crippen molar-refractivity contribution in [1.82, 2.24) is 4.98 Å². The Kier molecular flexibility index (Phi) is 4.06. The lowest BCUT2D eigenvalue weighted by Gasteiger charge is -2.16. The fraction of sp³-hybridized carbons (Fsp3) is 0.300. The highest BCUT2D eigenvalue weighted by atomic mass is 32.1. The Morgan fingerprint density at radius 3 is 2.76 bits per heavy atom. The molecule has 0 unspecified atom stereocenters. The van der Waals surface area contributed by atoms with Gasteiger partial charge in [-0.25, -0.2) is 4.98 Å². The molecule has 0 amide bonds. The lowest BCUT2D eigenvalue weighted by molar-refractivity contribution is -0.136. The van der Waals surface area contributed by atoms with E-state index < -0.39 is 5.97 Å². The molecule has 0 saturated heterocycles. The van der Waals surface area contributed by atoms with Crippen molar-refractivity contribution in [2.24, 2.45) is 0 Å². The fourth-order valence-electron chi connectivity index (χ4n) is 3.51. The van der Waals surface area contributed by atoms with Gasteiger partial charge in [-0.3, -0.25) is 4.79 Å². The van der Waals surface area contributed by atoms with Gasteiger partial charge < -0.3 is 9.84 Å². The van der Waals surface area contributed by atoms with Crippen molar-refractivity contribution >= 4 is 27.5 Å². The summed E-state index contributed by atoms with van der Waals surface area (Å²) in [5.41, 5.74) is 6.17. The van der Waals surface area contributed by atoms with E-state index in [4.69, 9.17) is 9.72 Å². The number of hydrogen-bond donors (Lipinski definition) is 1. The van der Waals surface area contributed by atoms with E-state index in [1.807, 2.05) is 6.92 Å². The van der Waals surface area contributed by atoms with Crippen molar-refractivity contribution in [2.75, 3.05) is 6.61 Å². The molecule has 1 aliphatic rings. The maximum atomic E-state index is 11.5. The predicted molar refractivity (Wildman–Crippen MR) is 99.2 cm³/mol. The number of pyridine rings is 1. The van der Waals surface area contributed by atoms with Gasteiger partial charge in [0.05, 0.1) is 19.6 Å². The molecule has 0 spiro atoms. The van der Waals surface area contributed by atoms with Crippen LogP contribution in [0.5, 0.6) is 0 Å². The summed E-state index contributed by atoms with van der Waals surface area (Å²) in [6, 6.07) is 8.31. The summed E-state index contributed by atoms with van der Waals surface area (Å²) in [7, 11) is 0. The molecule has 25 heavy (non-hydrogen) atoms. The monoisotopic (exact) mass is 353 g/mol. The number of nitrogens with zero attached hydrogens (tertiary/aromatic N) is 1. The molecule has 3 aromatic rings. The number of benzene rings is 1. The fourth-order valence-corrected chi connectivity index (χ4v) is 4.73. The first-order valence-electron chi connectivity index (χ1n) is 8.35. The van der Waals surface area contributed by atoms with Gasteiger partial charge in [-0.2, -0.15) is 0 Å². The highest BCUT2D eigenvalue weighted by molar-refractivity contribution is 7.19. The summed E-state index contributed by atoms with van der Waals surface area (Å²) >= 11 is 1.67. The number of aryl methyl sites for hydroxylation is 2. The van der Waals surface area contributed by atoms with Gasteiger partial charge in [-0.05, 0) is 42.5 Å². The highest BCUT2D eigenvalue weighted by Gasteiger charge is 2.24. The van der Waals surface area contributed by atoms with Crippen LogP contribution in [0, 0.1) is 13.8 Å². The van der Waals surface area contributed by atoms with Crippen molar-refractivity contribution in [3.8, 4) is 11.1 Å². The molecule has 1 N–H and O–H groups in total. The standard InChI is InChI=1S/C20H19NO3S/c1-11-3-5-13(6-4-11)18-15(9-17(22)23)12(2)21-20-19(18)14-7-8-24-10-16(14)25-20/h3-6H,7-10H2,1-2H3,(H,22,23). The number of aliphatic carboxylic acids is 1. The number of hydrogen-bond acceptors (Lipinski definition) is 4. The Balaban J connectivity index is 2.08. The van der Waals surface area contributed by atoms with E-state index >= 15 is 0 Å². The third kappa shape index (κ3) is 2.83. The molecule has 0 atom stereocenters. The zero-order chi connectivity index (χ0) is 17.6. The summed E-state index contributed by atoms with van der Waals surface area (Å²) in [5.74, 6) is -0.829. The summed E-state index contributed by atoms with van der Waals surface area (Å²) in [6.07, 6.45) is 0.838. The lowest BCUT2D eigenvalue weighted by Crippen LogP contribution is -2.09. The van der Waals surface area contributed by atoms with Gasteiger partial charge in [-0.1, -0.05) is 29.8 Å². The Bertz CT molecular complexity index is 973. The van der Waals surface area contributed by atoms with E-state index in [1.54, 1.807) is 11.3 Å². The molecular weight excluding hydrogens is 334 g/mol. The Morgan fingerprint density at radius 1 is 1.28 bits per heavy atom. The molecule has 2 aromatic heterocycles. The maximum Gasteiger partial charge on any atom is 0.307 e. The Hall–Kier alpha value is -2.24. The van der Waals surface area contributed by atoms with Crippen LogP contribution in [-0.4, -0.2) is 22.7 Å². The largest absolute Gasteiger partial charge is 0.481 e. The van der Waals surface area contributed by atoms with Gasteiger partial charge in [0, 0.05) is 16.0 Å². The summed E-state index contributed by atoms with van der Waals surface area (Å²) < 4.78 is 5.60. The lowest BCUT2D eigenvalue weighted by atomic mass is 9.91. The molecule has 0 saturated carbocycles. The van der Waals surface area contributed by atoms with Crippen LogP contribution < -0.4 is 0 Å². The Labute approximate surface area is 150 Å². The number of fused-ring (bicyclic) bond motifs is 3. The summed E-state index contributed by atoms with van der Waals surface area (Å²) in [6.45, 7) is 5.29. The second-order valence-electron chi connectivity index (χ2n) is 6.47. The number of carboxylic acids is 1. The molecule has 1 aromatic carbocycles. The van der Waals surface area contributed by atoms with Crippen LogP contribution in [0.4, 0.5) is 0 Å². The van der Waals surface area contributed by atoms with Crippen LogP contribution in [-0.2, 0) is 29.0 Å². The molecular formula is C20H19NO3S. The molecule has 0 radical (unpaired) electrons. The number of aromatic nitrogens is 1. The van der Waals surface area contributed by atoms with Gasteiger partial charge in [-0.15, -0.1) is 11.3 Å². The van der Waals surface area contributed by atoms with Gasteiger partial charge in [0.25, 0.3) is 0 Å². The third-order valence-electron chi connectivity index (χ3n) is 4.73. The first-order chi connectivity index (χ1) is 12.0. The molecule has 0 aliphatic carbocycles. The SMILES string of the molecule is Cc1ccc(-c2c(CC(=O)O)c(C)nc3sc4c(c23)CCOC4)cc1. The van der Waals surface area contributed by atoms with E-state index in [-0.39, 0.29) is 6.42 Å². The van der Waals surface area contributed by atoms with Crippen LogP contribution >= 0.6 is 11.3 Å². The van der Waals surface area contributed by atoms with Gasteiger partial charge in [0.1, 0.15) is 4.83 Å². The quantitative estimate of drug-likeness (QED) is 0.763. The number of carboxylic acid groups (broad SMARTS) is 1. The number of thiophene rings is 1. The zero-order valence-electron chi connectivity index (χ0n) is 14.3. The predicted octanol–water partition coefficient (Wildman–Crippen LogP) is 4.28. The van der Waals surface area contributed by atoms with Crippen molar-refractivity contribution < 1.29 is 14.6 Å². The van der Waals surface area contributed by atoms with Crippen molar-refractivity contribution in [3.05, 3.63) is 51.5 Å². The number of ether oxygens (including phenoxy) is 1. The van der Waals surface area contributed by atoms with E-state index in [0.29, 0.717) is 13.2 Å². The molecule has 5 heteroatoms. The van der Waals surface area contributed by atoms with Gasteiger partial charge >= 0.3 is 5.97 Å². The number of carbonyl (C=O) groups is 1. The summed E-state index contributed by atoms with van der Waals surface area (Å²) in [5, 5.41) is 10.5. The van der Waals surface area contributed by atoms with Gasteiger partial charge in [0.15, 0.2) is 0 Å². The molecule has 4 rings (SSSR count). The molecule has 1 aliphatic heterocycles. The average molecular weight is 353 g/mol. The van der Waals surface area contributed by atoms with Crippen molar-refractivity contribution in [3.63, 3.8) is 0 Å². The van der Waals surface area contributed by atoms with Crippen molar-refractivity contribution in [2.45, 2.75) is 33.3 Å². The average Bonchev–Trinajstić information content (AvgIpc) is 2.94. The third-order valence-corrected chi connectivity index (χ3v) is 5.83. The van der Waals surface area contributed by atoms with Gasteiger partial charge in [0.2, 0.25) is 0 Å². The minimum absolute atomic E-state index is 0.0148. The van der Waals surface area contributed by atoms with Crippen LogP contribution in [0.2, 0.25) is 0 Å². The maximum absolute atomic E-state index is 11.5. The molecule has 3 heterocycles. The van der Waals surface area contributed by atoms with E-state index in [2.05, 4.69) is 31.2 Å². The topological polar surface area (TPSA) is 59.4 Å². The van der Waals surface area contributed by atoms with Crippen LogP contribution in [0.1, 0.15) is 27.3 Å². The molecule has 4 nitrogen and oxygen atoms in total. The van der Waals surface area contributed by atoms with Crippen LogP contribution in [0.25, 0.3) is 21.3 Å². The highest BCUT2D eigenvalue weighted by Crippen LogP contribution is 2.42. The Morgan fingerprint density at radius 2 is 2.04 bits per heavy atom. The second kappa shape index (κ2) is 6.24. The van der Waals surface area contributed by atoms with Crippen LogP contribution in [0.3, 0.4) is 0 Å². The first kappa shape index (κ1) is 16.2. The normalized spacial score (nSPS) is 13.8. The minimum atomic E-state index is -0.829. The molecule has 0 bridgehead atoms. The van der Waals surface area contributed by atoms with E-state index in [1.165, 1.54) is 16.0 Å². The summed E-state index contributed by atoms with van der Waals surface area (Å²) in [4.78, 5) is 18.4. The van der Waals surface area contributed by atoms with Crippen molar-refractivity contribution in [1.29, 1.82) is 0 Å². The van der Waals surface area contributed by atoms with E-state index in [9.17, 15) is 9.90 Å². The second-order valence-corrected chi connectivity index (χ2v) is 7.56.